The van der Waals surface area contributed by atoms with Gasteiger partial charge in [0, 0.05) is 4.97 Å². The van der Waals surface area contributed by atoms with Gasteiger partial charge in [-0.2, -0.15) is 5.43 Å². The van der Waals surface area contributed by atoms with Gasteiger partial charge >= 0.3 is 6.16 Å². The van der Waals surface area contributed by atoms with E-state index >= 15 is 0 Å². The Morgan fingerprint density at radius 3 is 2.40 bits per heavy atom. The van der Waals surface area contributed by atoms with Crippen molar-refractivity contribution < 1.29 is 34.8 Å². The van der Waals surface area contributed by atoms with E-state index in [2.05, 4.69) is 32.1 Å². The molecule has 150 valence electrons. The first kappa shape index (κ1) is 25.6. The van der Waals surface area contributed by atoms with E-state index in [9.17, 15) is 10.0 Å². The van der Waals surface area contributed by atoms with E-state index in [0.717, 1.165) is 25.7 Å². The van der Waals surface area contributed by atoms with Crippen LogP contribution in [0.25, 0.3) is 0 Å². The molecule has 25 heavy (non-hydrogen) atoms. The van der Waals surface area contributed by atoms with E-state index < -0.39 is 6.16 Å². The van der Waals surface area contributed by atoms with Crippen LogP contribution in [0.2, 0.25) is 0 Å². The molecule has 0 fully saturated rings. The second-order valence-corrected chi connectivity index (χ2v) is 5.18. The van der Waals surface area contributed by atoms with Gasteiger partial charge in [-0.1, -0.05) is 44.6 Å². The predicted molar refractivity (Wildman–Crippen MR) is 90.9 cm³/mol. The van der Waals surface area contributed by atoms with E-state index in [1.165, 1.54) is 12.8 Å². The van der Waals surface area contributed by atoms with Crippen molar-refractivity contribution in [2.24, 2.45) is 5.11 Å². The Bertz CT molecular complexity index is 318. The molecule has 10 nitrogen and oxygen atoms in total. The van der Waals surface area contributed by atoms with E-state index in [1.54, 1.807) is 0 Å². The lowest BCUT2D eigenvalue weighted by atomic mass is 10.2. The average Bonchev–Trinajstić information content (AvgIpc) is 2.58. The highest BCUT2D eigenvalue weighted by atomic mass is 17.5. The van der Waals surface area contributed by atoms with Gasteiger partial charge in [0.2, 0.25) is 0 Å². The van der Waals surface area contributed by atoms with Gasteiger partial charge in [-0.25, -0.2) is 14.9 Å². The summed E-state index contributed by atoms with van der Waals surface area (Å²) in [5.74, 6) is 0. The molecule has 0 aromatic heterocycles. The summed E-state index contributed by atoms with van der Waals surface area (Å²) < 4.78 is 4.20. The minimum absolute atomic E-state index is 0.287. The van der Waals surface area contributed by atoms with Crippen LogP contribution in [-0.2, 0) is 14.7 Å². The monoisotopic (exact) mass is 367 g/mol. The van der Waals surface area contributed by atoms with E-state index in [1.807, 2.05) is 6.92 Å². The summed E-state index contributed by atoms with van der Waals surface area (Å²) in [6.45, 7) is 5.83. The molecule has 10 heteroatoms. The van der Waals surface area contributed by atoms with Crippen LogP contribution in [0.4, 0.5) is 4.79 Å². The number of rotatable bonds is 15. The summed E-state index contributed by atoms with van der Waals surface area (Å²) >= 11 is 0. The maximum Gasteiger partial charge on any atom is 0.505 e. The number of hydrogen-bond acceptors (Lipinski definition) is 7. The van der Waals surface area contributed by atoms with Crippen molar-refractivity contribution in [3.05, 3.63) is 5.21 Å². The summed E-state index contributed by atoms with van der Waals surface area (Å²) in [6.07, 6.45) is 6.49. The minimum Gasteiger partial charge on any atom is -0.572 e. The number of unbranched alkanes of at least 4 members (excludes halogenated alkanes) is 5. The van der Waals surface area contributed by atoms with Crippen molar-refractivity contribution in [2.75, 3.05) is 26.3 Å². The Morgan fingerprint density at radius 1 is 1.08 bits per heavy atom. The van der Waals surface area contributed by atoms with Crippen LogP contribution in [0.3, 0.4) is 0 Å². The van der Waals surface area contributed by atoms with Crippen molar-refractivity contribution in [1.82, 2.24) is 5.43 Å². The number of carboxylic acid groups (broad SMARTS) is 1. The number of hydrogen-bond donors (Lipinski definition) is 3. The summed E-state index contributed by atoms with van der Waals surface area (Å²) in [4.78, 5) is 14.4. The van der Waals surface area contributed by atoms with Crippen LogP contribution >= 0.6 is 0 Å². The van der Waals surface area contributed by atoms with Crippen molar-refractivity contribution in [3.8, 4) is 0 Å². The highest BCUT2D eigenvalue weighted by molar-refractivity contribution is 5.56. The summed E-state index contributed by atoms with van der Waals surface area (Å²) in [7, 11) is 0. The van der Waals surface area contributed by atoms with E-state index in [-0.39, 0.29) is 6.61 Å². The average molecular weight is 367 g/mol. The van der Waals surface area contributed by atoms with Crippen LogP contribution in [-0.4, -0.2) is 47.8 Å². The van der Waals surface area contributed by atoms with Crippen LogP contribution in [0, 0.1) is 5.21 Å². The highest BCUT2D eigenvalue weighted by Crippen LogP contribution is 1.97. The first-order valence-electron chi connectivity index (χ1n) is 8.75. The van der Waals surface area contributed by atoms with Crippen LogP contribution in [0.15, 0.2) is 5.11 Å². The quantitative estimate of drug-likeness (QED) is 0.0995. The number of carbonyl (C=O) groups is 1. The van der Waals surface area contributed by atoms with Crippen molar-refractivity contribution in [3.63, 3.8) is 0 Å². The van der Waals surface area contributed by atoms with Crippen LogP contribution < -0.4 is 5.43 Å². The largest absolute Gasteiger partial charge is 0.572 e. The molecule has 0 heterocycles. The number of ether oxygens (including phenoxy) is 1. The fourth-order valence-corrected chi connectivity index (χ4v) is 1.55. The van der Waals surface area contributed by atoms with Crippen molar-refractivity contribution in [1.29, 1.82) is 0 Å². The lowest BCUT2D eigenvalue weighted by Gasteiger charge is -2.02. The molecule has 0 unspecified atom stereocenters. The zero-order valence-electron chi connectivity index (χ0n) is 15.3. The molecule has 0 amide bonds. The zero-order valence-corrected chi connectivity index (χ0v) is 15.3. The molecule has 0 spiro atoms. The number of hydrazine groups is 1. The van der Waals surface area contributed by atoms with Gasteiger partial charge in [-0.05, 0) is 30.8 Å². The molecule has 0 rings (SSSR count). The van der Waals surface area contributed by atoms with Crippen molar-refractivity contribution in [2.45, 2.75) is 65.2 Å². The molecule has 0 saturated heterocycles. The molecular formula is C15H33N3O7. The number of nitrogens with one attached hydrogen (secondary N) is 1. The summed E-state index contributed by atoms with van der Waals surface area (Å²) in [5.41, 5.74) is 2.66. The molecule has 0 radical (unpaired) electrons. The minimum atomic E-state index is -1.18. The van der Waals surface area contributed by atoms with Gasteiger partial charge in [0.15, 0.2) is 0 Å². The number of nitrogens with zero attached hydrogens (tertiary/aromatic N) is 2. The zero-order chi connectivity index (χ0) is 19.2. The highest BCUT2D eigenvalue weighted by Gasteiger charge is 1.95. The second-order valence-electron chi connectivity index (χ2n) is 5.18. The molecular weight excluding hydrogens is 334 g/mol. The van der Waals surface area contributed by atoms with Gasteiger partial charge in [0.1, 0.15) is 6.54 Å². The van der Waals surface area contributed by atoms with Gasteiger partial charge < -0.3 is 15.1 Å². The van der Waals surface area contributed by atoms with Gasteiger partial charge in [-0.15, -0.1) is 0 Å². The predicted octanol–water partition coefficient (Wildman–Crippen LogP) is 3.72. The van der Waals surface area contributed by atoms with E-state index in [4.69, 9.17) is 10.4 Å². The first-order chi connectivity index (χ1) is 12.1. The molecule has 0 bridgehead atoms. The Hall–Kier alpha value is -1.65. The van der Waals surface area contributed by atoms with Gasteiger partial charge in [0.05, 0.1) is 19.8 Å². The molecule has 0 aliphatic rings. The standard InChI is InChI=1S/C10H23N3O4.C5H10O3/c1-2-3-4-5-8-11-13(14)12-9-6-7-10-16-17-15;1-2-3-4-8-5(6)7/h15H,2-10H2,1H3,(H,11,12);2-4H2,1H3,(H,6,7). The van der Waals surface area contributed by atoms with Crippen LogP contribution in [0.1, 0.15) is 65.2 Å². The van der Waals surface area contributed by atoms with Crippen LogP contribution in [0.5, 0.6) is 0 Å². The Kier molecular flexibility index (Phi) is 22.9. The molecule has 0 aromatic rings. The smallest absolute Gasteiger partial charge is 0.505 e. The van der Waals surface area contributed by atoms with Crippen molar-refractivity contribution >= 4 is 6.16 Å². The molecule has 0 aromatic carbocycles. The SMILES string of the molecule is CCCCCCN[N+]([O-])=NCCCCOOO.CCCCOC(=O)O. The molecule has 3 N–H and O–H groups in total. The molecule has 0 aliphatic heterocycles. The summed E-state index contributed by atoms with van der Waals surface area (Å²) in [5, 5.41) is 34.1. The normalized spacial score (nSPS) is 10.8. The maximum absolute atomic E-state index is 11.1. The third kappa shape index (κ3) is 27.5. The Labute approximate surface area is 149 Å². The Balaban J connectivity index is 0. The summed E-state index contributed by atoms with van der Waals surface area (Å²) in [6, 6.07) is 0. The van der Waals surface area contributed by atoms with E-state index in [0.29, 0.717) is 37.5 Å². The lowest BCUT2D eigenvalue weighted by Crippen LogP contribution is -2.24. The Morgan fingerprint density at radius 2 is 1.80 bits per heavy atom. The third-order valence-electron chi connectivity index (χ3n) is 2.92. The fraction of sp³-hybridized carbons (Fsp3) is 0.933. The second kappa shape index (κ2) is 22.4. The fourth-order valence-electron chi connectivity index (χ4n) is 1.55. The van der Waals surface area contributed by atoms with Gasteiger partial charge in [0.25, 0.3) is 0 Å². The molecule has 0 aliphatic carbocycles. The third-order valence-corrected chi connectivity index (χ3v) is 2.92. The van der Waals surface area contributed by atoms with Gasteiger partial charge in [-0.3, -0.25) is 0 Å². The maximum atomic E-state index is 11.1. The topological polar surface area (TPSA) is 136 Å². The lowest BCUT2D eigenvalue weighted by molar-refractivity contribution is -0.590. The molecule has 0 saturated carbocycles. The first-order valence-corrected chi connectivity index (χ1v) is 8.75. The molecule has 0 atom stereocenters.